The number of carbonyl (C=O) groups is 1. The number of carbonyl (C=O) groups excluding carboxylic acids is 1. The molecule has 2 heterocycles. The summed E-state index contributed by atoms with van der Waals surface area (Å²) in [6.45, 7) is 7.36. The van der Waals surface area contributed by atoms with Crippen molar-refractivity contribution in [1.29, 1.82) is 0 Å². The predicted octanol–water partition coefficient (Wildman–Crippen LogP) is -0.0768. The van der Waals surface area contributed by atoms with Gasteiger partial charge in [-0.3, -0.25) is 9.69 Å². The molecule has 0 aromatic heterocycles. The van der Waals surface area contributed by atoms with E-state index < -0.39 is 42.0 Å². The third-order valence-corrected chi connectivity index (χ3v) is 7.04. The van der Waals surface area contributed by atoms with E-state index in [2.05, 4.69) is 17.1 Å². The number of aliphatic hydroxyl groups is 4. The van der Waals surface area contributed by atoms with E-state index in [4.69, 9.17) is 4.74 Å². The first-order valence-electron chi connectivity index (χ1n) is 10.7. The number of likely N-dealkylation sites (tertiary alicyclic amines) is 1. The number of unbranched alkanes of at least 4 members (excludes halogenated alkanes) is 1. The van der Waals surface area contributed by atoms with E-state index >= 15 is 0 Å². The maximum Gasteiger partial charge on any atom is 0.237 e. The van der Waals surface area contributed by atoms with Crippen LogP contribution in [-0.2, 0) is 9.53 Å². The summed E-state index contributed by atoms with van der Waals surface area (Å²) < 4.78 is 5.76. The number of aliphatic hydroxyl groups excluding tert-OH is 4. The molecule has 2 rings (SSSR count). The second-order valence-electron chi connectivity index (χ2n) is 8.30. The van der Waals surface area contributed by atoms with Crippen LogP contribution in [0.1, 0.15) is 46.5 Å². The summed E-state index contributed by atoms with van der Waals surface area (Å²) >= 11 is 1.20. The van der Waals surface area contributed by atoms with Crippen molar-refractivity contribution in [2.45, 2.75) is 94.5 Å². The molecule has 0 saturated carbocycles. The first-order valence-corrected chi connectivity index (χ1v) is 12.0. The number of hydrogen-bond acceptors (Lipinski definition) is 8. The molecule has 0 aromatic carbocycles. The van der Waals surface area contributed by atoms with E-state index in [1.165, 1.54) is 18.7 Å². The van der Waals surface area contributed by atoms with Crippen LogP contribution in [0.2, 0.25) is 0 Å². The van der Waals surface area contributed by atoms with Gasteiger partial charge in [0.25, 0.3) is 0 Å². The van der Waals surface area contributed by atoms with Crippen molar-refractivity contribution in [1.82, 2.24) is 10.2 Å². The van der Waals surface area contributed by atoms with E-state index in [0.29, 0.717) is 5.92 Å². The molecular weight excluding hydrogens is 396 g/mol. The summed E-state index contributed by atoms with van der Waals surface area (Å²) in [5.74, 6) is 0.277. The molecule has 0 bridgehead atoms. The van der Waals surface area contributed by atoms with Crippen LogP contribution in [0.15, 0.2) is 0 Å². The van der Waals surface area contributed by atoms with Crippen molar-refractivity contribution in [3.63, 3.8) is 0 Å². The lowest BCUT2D eigenvalue weighted by Gasteiger charge is -2.44. The van der Waals surface area contributed by atoms with Gasteiger partial charge in [-0.15, -0.1) is 11.8 Å². The minimum absolute atomic E-state index is 0.200. The number of thioether (sulfide) groups is 1. The second kappa shape index (κ2) is 11.3. The summed E-state index contributed by atoms with van der Waals surface area (Å²) in [6.07, 6.45) is -0.242. The average molecular weight is 435 g/mol. The van der Waals surface area contributed by atoms with E-state index in [9.17, 15) is 25.2 Å². The predicted molar refractivity (Wildman–Crippen MR) is 112 cm³/mol. The van der Waals surface area contributed by atoms with Gasteiger partial charge in [0.2, 0.25) is 5.91 Å². The van der Waals surface area contributed by atoms with Crippen molar-refractivity contribution in [3.05, 3.63) is 0 Å². The molecule has 0 aromatic rings. The maximum atomic E-state index is 13.1. The molecule has 9 heteroatoms. The van der Waals surface area contributed by atoms with Gasteiger partial charge in [-0.2, -0.15) is 0 Å². The van der Waals surface area contributed by atoms with Gasteiger partial charge in [0.15, 0.2) is 0 Å². The number of hydrogen-bond donors (Lipinski definition) is 5. The third-order valence-electron chi connectivity index (χ3n) is 6.19. The van der Waals surface area contributed by atoms with Gasteiger partial charge in [-0.25, -0.2) is 0 Å². The molecule has 2 fully saturated rings. The van der Waals surface area contributed by atoms with Crippen LogP contribution >= 0.6 is 11.8 Å². The highest BCUT2D eigenvalue weighted by atomic mass is 32.2. The summed E-state index contributed by atoms with van der Waals surface area (Å²) in [6, 6.07) is -1.18. The fourth-order valence-electron chi connectivity index (χ4n) is 4.43. The zero-order chi connectivity index (χ0) is 21.7. The highest BCUT2D eigenvalue weighted by Gasteiger charge is 2.48. The van der Waals surface area contributed by atoms with Gasteiger partial charge in [-0.1, -0.05) is 26.7 Å². The van der Waals surface area contributed by atoms with Gasteiger partial charge in [0.05, 0.1) is 18.2 Å². The molecular formula is C20H38N2O6S. The summed E-state index contributed by atoms with van der Waals surface area (Å²) in [4.78, 5) is 15.2. The topological polar surface area (TPSA) is 122 Å². The summed E-state index contributed by atoms with van der Waals surface area (Å²) in [5, 5.41) is 43.9. The SMILES string of the molecule is CCCC[C@@H]1C[C@@H](C(=O)N[C@@H]([C@H]2O[C@H](SC)[C@H](O)[C@@H](O)[C@H]2O)[C@@H](C)O)N(CC)C1. The Kier molecular flexibility index (Phi) is 9.66. The van der Waals surface area contributed by atoms with Gasteiger partial charge in [-0.05, 0) is 38.5 Å². The Balaban J connectivity index is 2.10. The minimum atomic E-state index is -1.42. The molecule has 9 atom stereocenters. The Morgan fingerprint density at radius 3 is 2.48 bits per heavy atom. The fraction of sp³-hybridized carbons (Fsp3) is 0.950. The van der Waals surface area contributed by atoms with Crippen LogP contribution in [0.3, 0.4) is 0 Å². The van der Waals surface area contributed by atoms with Crippen LogP contribution in [0.25, 0.3) is 0 Å². The first-order chi connectivity index (χ1) is 13.7. The lowest BCUT2D eigenvalue weighted by atomic mass is 9.92. The Bertz CT molecular complexity index is 523. The fourth-order valence-corrected chi connectivity index (χ4v) is 5.10. The molecule has 2 saturated heterocycles. The quantitative estimate of drug-likeness (QED) is 0.342. The van der Waals surface area contributed by atoms with Crippen LogP contribution in [0.5, 0.6) is 0 Å². The summed E-state index contributed by atoms with van der Waals surface area (Å²) in [7, 11) is 0. The highest BCUT2D eigenvalue weighted by molar-refractivity contribution is 7.99. The smallest absolute Gasteiger partial charge is 0.237 e. The number of nitrogens with one attached hydrogen (secondary N) is 1. The Labute approximate surface area is 178 Å². The van der Waals surface area contributed by atoms with Gasteiger partial charge >= 0.3 is 0 Å². The molecule has 0 radical (unpaired) electrons. The molecule has 1 amide bonds. The zero-order valence-corrected chi connectivity index (χ0v) is 18.7. The van der Waals surface area contributed by atoms with Gasteiger partial charge in [0, 0.05) is 6.54 Å². The molecule has 0 aliphatic carbocycles. The zero-order valence-electron chi connectivity index (χ0n) is 17.9. The third kappa shape index (κ3) is 5.84. The molecule has 0 unspecified atom stereocenters. The second-order valence-corrected chi connectivity index (χ2v) is 9.23. The lowest BCUT2D eigenvalue weighted by molar-refractivity contribution is -0.211. The van der Waals surface area contributed by atoms with E-state index in [0.717, 1.165) is 38.8 Å². The van der Waals surface area contributed by atoms with Crippen LogP contribution in [-0.4, -0.2) is 98.6 Å². The number of ether oxygens (including phenoxy) is 1. The first kappa shape index (κ1) is 24.8. The van der Waals surface area contributed by atoms with Crippen molar-refractivity contribution < 1.29 is 30.0 Å². The largest absolute Gasteiger partial charge is 0.391 e. The molecule has 2 aliphatic heterocycles. The Morgan fingerprint density at radius 2 is 1.93 bits per heavy atom. The number of likely N-dealkylation sites (N-methyl/N-ethyl adjacent to an activating group) is 1. The number of amides is 1. The van der Waals surface area contributed by atoms with E-state index in [1.54, 1.807) is 6.26 Å². The Morgan fingerprint density at radius 1 is 1.24 bits per heavy atom. The van der Waals surface area contributed by atoms with Crippen LogP contribution in [0, 0.1) is 5.92 Å². The Hall–Kier alpha value is -0.420. The minimum Gasteiger partial charge on any atom is -0.391 e. The maximum absolute atomic E-state index is 13.1. The van der Waals surface area contributed by atoms with Gasteiger partial charge in [0.1, 0.15) is 29.9 Å². The van der Waals surface area contributed by atoms with Crippen molar-refractivity contribution in [2.75, 3.05) is 19.3 Å². The monoisotopic (exact) mass is 434 g/mol. The van der Waals surface area contributed by atoms with Crippen LogP contribution < -0.4 is 5.32 Å². The van der Waals surface area contributed by atoms with Crippen LogP contribution in [0.4, 0.5) is 0 Å². The van der Waals surface area contributed by atoms with Gasteiger partial charge < -0.3 is 30.5 Å². The van der Waals surface area contributed by atoms with E-state index in [-0.39, 0.29) is 11.9 Å². The molecule has 0 spiro atoms. The highest BCUT2D eigenvalue weighted by Crippen LogP contribution is 2.31. The van der Waals surface area contributed by atoms with E-state index in [1.807, 2.05) is 6.92 Å². The molecule has 5 N–H and O–H groups in total. The molecule has 29 heavy (non-hydrogen) atoms. The number of rotatable bonds is 9. The molecule has 2 aliphatic rings. The standard InChI is InChI=1S/C20H38N2O6S/c1-5-7-8-12-9-13(22(6-2)10-12)19(27)21-14(11(3)23)18-16(25)15(24)17(26)20(28-18)29-4/h11-18,20,23-26H,5-10H2,1-4H3,(H,21,27)/t11-,12-,13+,14-,15+,16-,17-,18-,20-/m1/s1. The number of nitrogens with zero attached hydrogens (tertiary/aromatic N) is 1. The summed E-state index contributed by atoms with van der Waals surface area (Å²) in [5.41, 5.74) is -0.756. The molecule has 8 nitrogen and oxygen atoms in total. The normalized spacial score (nSPS) is 38.0. The van der Waals surface area contributed by atoms with Crippen molar-refractivity contribution in [2.24, 2.45) is 5.92 Å². The lowest BCUT2D eigenvalue weighted by Crippen LogP contribution is -2.65. The van der Waals surface area contributed by atoms with Crippen molar-refractivity contribution in [3.8, 4) is 0 Å². The van der Waals surface area contributed by atoms with Crippen molar-refractivity contribution >= 4 is 17.7 Å². The average Bonchev–Trinajstić information content (AvgIpc) is 3.12. The molecule has 170 valence electrons.